The molecule has 1 unspecified atom stereocenters. The number of hydrogen-bond acceptors (Lipinski definition) is 7. The number of carbonyl (C=O) groups excluding carboxylic acids is 4. The SMILES string of the molecule is CCCOC(=O)CCCCCCCC(=O)OCCOC(=O)c1ccc(C(=O)C(C)CC)cc1. The highest BCUT2D eigenvalue weighted by molar-refractivity contribution is 5.98. The minimum atomic E-state index is -0.521. The third kappa shape index (κ3) is 12.2. The Balaban J connectivity index is 2.10. The Hall–Kier alpha value is -2.70. The second-order valence-corrected chi connectivity index (χ2v) is 8.10. The molecule has 1 aromatic carbocycles. The first kappa shape index (κ1) is 28.3. The number of esters is 3. The van der Waals surface area contributed by atoms with E-state index in [2.05, 4.69) is 0 Å². The summed E-state index contributed by atoms with van der Waals surface area (Å²) in [5.41, 5.74) is 0.921. The molecule has 0 aliphatic carbocycles. The average molecular weight is 463 g/mol. The minimum Gasteiger partial charge on any atom is -0.466 e. The summed E-state index contributed by atoms with van der Waals surface area (Å²) in [6.45, 7) is 6.26. The summed E-state index contributed by atoms with van der Waals surface area (Å²) in [6.07, 6.45) is 6.66. The summed E-state index contributed by atoms with van der Waals surface area (Å²) in [6, 6.07) is 6.39. The predicted octanol–water partition coefficient (Wildman–Crippen LogP) is 5.30. The van der Waals surface area contributed by atoms with Gasteiger partial charge in [0.2, 0.25) is 0 Å². The predicted molar refractivity (Wildman–Crippen MR) is 125 cm³/mol. The van der Waals surface area contributed by atoms with Gasteiger partial charge in [-0.3, -0.25) is 14.4 Å². The van der Waals surface area contributed by atoms with Gasteiger partial charge in [0, 0.05) is 24.3 Å². The van der Waals surface area contributed by atoms with Gasteiger partial charge < -0.3 is 14.2 Å². The number of ether oxygens (including phenoxy) is 3. The van der Waals surface area contributed by atoms with Crippen molar-refractivity contribution in [3.8, 4) is 0 Å². The quantitative estimate of drug-likeness (QED) is 0.134. The van der Waals surface area contributed by atoms with Crippen molar-refractivity contribution in [2.24, 2.45) is 5.92 Å². The van der Waals surface area contributed by atoms with E-state index in [1.165, 1.54) is 0 Å². The van der Waals surface area contributed by atoms with Crippen LogP contribution in [0.4, 0.5) is 0 Å². The number of hydrogen-bond donors (Lipinski definition) is 0. The highest BCUT2D eigenvalue weighted by Gasteiger charge is 2.14. The maximum Gasteiger partial charge on any atom is 0.338 e. The number of benzene rings is 1. The van der Waals surface area contributed by atoms with Crippen molar-refractivity contribution >= 4 is 23.7 Å². The summed E-state index contributed by atoms with van der Waals surface area (Å²) in [4.78, 5) is 47.4. The zero-order valence-corrected chi connectivity index (χ0v) is 20.2. The zero-order chi connectivity index (χ0) is 24.5. The molecule has 1 atom stereocenters. The first-order valence-corrected chi connectivity index (χ1v) is 12.0. The van der Waals surface area contributed by atoms with Gasteiger partial charge in [0.25, 0.3) is 0 Å². The first-order valence-electron chi connectivity index (χ1n) is 12.0. The standard InChI is InChI=1S/C26H38O7/c1-4-17-31-23(27)11-9-7-6-8-10-12-24(28)32-18-19-33-26(30)22-15-13-21(14-16-22)25(29)20(3)5-2/h13-16,20H,4-12,17-19H2,1-3H3. The van der Waals surface area contributed by atoms with Gasteiger partial charge >= 0.3 is 17.9 Å². The average Bonchev–Trinajstić information content (AvgIpc) is 2.83. The molecule has 33 heavy (non-hydrogen) atoms. The Morgan fingerprint density at radius 1 is 0.697 bits per heavy atom. The molecule has 0 aliphatic rings. The van der Waals surface area contributed by atoms with Crippen molar-refractivity contribution in [3.05, 3.63) is 35.4 Å². The third-order valence-corrected chi connectivity index (χ3v) is 5.27. The number of Topliss-reactive ketones (excluding diaryl/α,β-unsaturated/α-hetero) is 1. The summed E-state index contributed by atoms with van der Waals surface area (Å²) in [5.74, 6) is -0.987. The molecule has 0 saturated heterocycles. The Bertz CT molecular complexity index is 740. The van der Waals surface area contributed by atoms with Crippen LogP contribution in [0, 0.1) is 5.92 Å². The van der Waals surface area contributed by atoms with Crippen LogP contribution in [0.3, 0.4) is 0 Å². The first-order chi connectivity index (χ1) is 15.9. The van der Waals surface area contributed by atoms with Crippen LogP contribution in [-0.4, -0.2) is 43.5 Å². The van der Waals surface area contributed by atoms with E-state index in [4.69, 9.17) is 14.2 Å². The fraction of sp³-hybridized carbons (Fsp3) is 0.615. The van der Waals surface area contributed by atoms with Crippen LogP contribution in [0.25, 0.3) is 0 Å². The van der Waals surface area contributed by atoms with Gasteiger partial charge in [-0.2, -0.15) is 0 Å². The molecule has 0 radical (unpaired) electrons. The van der Waals surface area contributed by atoms with E-state index >= 15 is 0 Å². The fourth-order valence-corrected chi connectivity index (χ4v) is 3.04. The van der Waals surface area contributed by atoms with Crippen molar-refractivity contribution in [1.29, 1.82) is 0 Å². The number of rotatable bonds is 17. The Labute approximate surface area is 197 Å². The topological polar surface area (TPSA) is 96.0 Å². The van der Waals surface area contributed by atoms with Gasteiger partial charge in [0.05, 0.1) is 12.2 Å². The Morgan fingerprint density at radius 3 is 1.73 bits per heavy atom. The lowest BCUT2D eigenvalue weighted by atomic mass is 9.96. The van der Waals surface area contributed by atoms with Crippen LogP contribution >= 0.6 is 0 Å². The highest BCUT2D eigenvalue weighted by Crippen LogP contribution is 2.13. The molecule has 0 fully saturated rings. The van der Waals surface area contributed by atoms with Crippen molar-refractivity contribution in [1.82, 2.24) is 0 Å². The van der Waals surface area contributed by atoms with E-state index in [0.717, 1.165) is 44.9 Å². The lowest BCUT2D eigenvalue weighted by Gasteiger charge is -2.09. The van der Waals surface area contributed by atoms with Crippen LogP contribution in [0.5, 0.6) is 0 Å². The normalized spacial score (nSPS) is 11.5. The molecule has 7 heteroatoms. The monoisotopic (exact) mass is 462 g/mol. The maximum atomic E-state index is 12.1. The molecule has 1 aromatic rings. The van der Waals surface area contributed by atoms with Crippen molar-refractivity contribution in [2.45, 2.75) is 78.6 Å². The Morgan fingerprint density at radius 2 is 1.18 bits per heavy atom. The largest absolute Gasteiger partial charge is 0.466 e. The third-order valence-electron chi connectivity index (χ3n) is 5.27. The number of unbranched alkanes of at least 4 members (excludes halogenated alkanes) is 4. The summed E-state index contributed by atoms with van der Waals surface area (Å²) < 4.78 is 15.2. The van der Waals surface area contributed by atoms with Gasteiger partial charge in [-0.25, -0.2) is 4.79 Å². The highest BCUT2D eigenvalue weighted by atomic mass is 16.6. The summed E-state index contributed by atoms with van der Waals surface area (Å²) >= 11 is 0. The van der Waals surface area contributed by atoms with Crippen molar-refractivity contribution in [3.63, 3.8) is 0 Å². The maximum absolute atomic E-state index is 12.1. The molecule has 7 nitrogen and oxygen atoms in total. The second-order valence-electron chi connectivity index (χ2n) is 8.10. The van der Waals surface area contributed by atoms with Crippen LogP contribution < -0.4 is 0 Å². The molecule has 0 heterocycles. The van der Waals surface area contributed by atoms with Crippen molar-refractivity contribution in [2.75, 3.05) is 19.8 Å². The van der Waals surface area contributed by atoms with Crippen LogP contribution in [0.1, 0.15) is 99.3 Å². The van der Waals surface area contributed by atoms with E-state index in [-0.39, 0.29) is 36.9 Å². The smallest absolute Gasteiger partial charge is 0.338 e. The van der Waals surface area contributed by atoms with Gasteiger partial charge in [-0.15, -0.1) is 0 Å². The molecular weight excluding hydrogens is 424 g/mol. The van der Waals surface area contributed by atoms with Crippen molar-refractivity contribution < 1.29 is 33.4 Å². The molecule has 184 valence electrons. The van der Waals surface area contributed by atoms with Gasteiger partial charge in [-0.1, -0.05) is 52.2 Å². The molecule has 1 rings (SSSR count). The molecule has 0 bridgehead atoms. The summed E-state index contributed by atoms with van der Waals surface area (Å²) in [7, 11) is 0. The molecule has 0 aromatic heterocycles. The lowest BCUT2D eigenvalue weighted by Crippen LogP contribution is -2.14. The lowest BCUT2D eigenvalue weighted by molar-refractivity contribution is -0.145. The van der Waals surface area contributed by atoms with E-state index < -0.39 is 5.97 Å². The van der Waals surface area contributed by atoms with E-state index in [9.17, 15) is 19.2 Å². The molecule has 0 spiro atoms. The molecule has 0 saturated carbocycles. The molecular formula is C26H38O7. The van der Waals surface area contributed by atoms with Gasteiger partial charge in [0.1, 0.15) is 13.2 Å². The van der Waals surface area contributed by atoms with E-state index in [1.54, 1.807) is 24.3 Å². The van der Waals surface area contributed by atoms with Gasteiger partial charge in [-0.05, 0) is 37.8 Å². The zero-order valence-electron chi connectivity index (χ0n) is 20.2. The fourth-order valence-electron chi connectivity index (χ4n) is 3.04. The van der Waals surface area contributed by atoms with Crippen LogP contribution in [-0.2, 0) is 23.8 Å². The Kier molecular flexibility index (Phi) is 14.5. The molecule has 0 N–H and O–H groups in total. The number of carbonyl (C=O) groups is 4. The number of ketones is 1. The van der Waals surface area contributed by atoms with E-state index in [0.29, 0.717) is 30.6 Å². The second kappa shape index (κ2) is 16.9. The van der Waals surface area contributed by atoms with Crippen LogP contribution in [0.2, 0.25) is 0 Å². The summed E-state index contributed by atoms with van der Waals surface area (Å²) in [5, 5.41) is 0. The van der Waals surface area contributed by atoms with E-state index in [1.807, 2.05) is 20.8 Å². The van der Waals surface area contributed by atoms with Gasteiger partial charge in [0.15, 0.2) is 5.78 Å². The molecule has 0 aliphatic heterocycles. The molecule has 0 amide bonds. The minimum absolute atomic E-state index is 0.00896. The van der Waals surface area contributed by atoms with Crippen LogP contribution in [0.15, 0.2) is 24.3 Å².